The van der Waals surface area contributed by atoms with Gasteiger partial charge < -0.3 is 14.9 Å². The van der Waals surface area contributed by atoms with Gasteiger partial charge in [0.1, 0.15) is 5.69 Å². The van der Waals surface area contributed by atoms with E-state index >= 15 is 0 Å². The average Bonchev–Trinajstić information content (AvgIpc) is 2.82. The lowest BCUT2D eigenvalue weighted by atomic mass is 9.96. The van der Waals surface area contributed by atoms with Gasteiger partial charge in [-0.3, -0.25) is 9.78 Å². The summed E-state index contributed by atoms with van der Waals surface area (Å²) in [7, 11) is 0. The quantitative estimate of drug-likeness (QED) is 0.901. The molecule has 3 heterocycles. The highest BCUT2D eigenvalue weighted by Gasteiger charge is 2.36. The van der Waals surface area contributed by atoms with Crippen molar-refractivity contribution in [3.05, 3.63) is 23.8 Å². The second kappa shape index (κ2) is 8.03. The van der Waals surface area contributed by atoms with Gasteiger partial charge in [-0.2, -0.15) is 0 Å². The number of hydrogen-bond donors (Lipinski definition) is 1. The molecule has 1 N–H and O–H groups in total. The maximum Gasteiger partial charge on any atom is 0.274 e. The zero-order valence-electron chi connectivity index (χ0n) is 14.5. The number of nitrogens with zero attached hydrogens (tertiary/aromatic N) is 4. The molecule has 132 valence electrons. The van der Waals surface area contributed by atoms with Crippen LogP contribution in [-0.2, 0) is 0 Å². The van der Waals surface area contributed by atoms with Crippen LogP contribution in [0, 0.1) is 18.8 Å². The number of amides is 1. The van der Waals surface area contributed by atoms with Crippen LogP contribution in [0.3, 0.4) is 0 Å². The average molecular weight is 332 g/mol. The second-order valence-electron chi connectivity index (χ2n) is 7.17. The first kappa shape index (κ1) is 17.3. The Morgan fingerprint density at radius 1 is 1.12 bits per heavy atom. The topological polar surface area (TPSA) is 69.6 Å². The van der Waals surface area contributed by atoms with Crippen molar-refractivity contribution in [2.45, 2.75) is 32.6 Å². The van der Waals surface area contributed by atoms with E-state index < -0.39 is 0 Å². The Bertz CT molecular complexity index is 540. The van der Waals surface area contributed by atoms with E-state index in [0.717, 1.165) is 25.3 Å². The SMILES string of the molecule is Cc1cnc(C(=O)N2C[C@@H](CN3CCCCCC3)[C@@H](CO)C2)cn1. The Balaban J connectivity index is 1.62. The third-order valence-electron chi connectivity index (χ3n) is 5.29. The molecule has 2 aliphatic rings. The zero-order chi connectivity index (χ0) is 16.9. The molecule has 0 spiro atoms. The molecule has 1 aromatic heterocycles. The molecule has 6 nitrogen and oxygen atoms in total. The van der Waals surface area contributed by atoms with Crippen molar-refractivity contribution >= 4 is 5.91 Å². The lowest BCUT2D eigenvalue weighted by Gasteiger charge is -2.26. The Hall–Kier alpha value is -1.53. The molecule has 0 radical (unpaired) electrons. The molecule has 2 fully saturated rings. The summed E-state index contributed by atoms with van der Waals surface area (Å²) in [6, 6.07) is 0. The van der Waals surface area contributed by atoms with Gasteiger partial charge in [0.05, 0.1) is 11.9 Å². The minimum atomic E-state index is -0.0701. The van der Waals surface area contributed by atoms with E-state index in [1.54, 1.807) is 12.4 Å². The minimum absolute atomic E-state index is 0.0701. The number of carbonyl (C=O) groups excluding carboxylic acids is 1. The van der Waals surface area contributed by atoms with E-state index in [9.17, 15) is 9.90 Å². The molecular weight excluding hydrogens is 304 g/mol. The third-order valence-corrected chi connectivity index (χ3v) is 5.29. The van der Waals surface area contributed by atoms with Crippen LogP contribution in [-0.4, -0.2) is 70.1 Å². The maximum absolute atomic E-state index is 12.6. The molecule has 24 heavy (non-hydrogen) atoms. The first-order chi connectivity index (χ1) is 11.7. The van der Waals surface area contributed by atoms with E-state index in [4.69, 9.17) is 0 Å². The van der Waals surface area contributed by atoms with Crippen molar-refractivity contribution < 1.29 is 9.90 Å². The van der Waals surface area contributed by atoms with Crippen molar-refractivity contribution in [2.24, 2.45) is 11.8 Å². The largest absolute Gasteiger partial charge is 0.396 e. The van der Waals surface area contributed by atoms with Gasteiger partial charge in [-0.15, -0.1) is 0 Å². The smallest absolute Gasteiger partial charge is 0.274 e. The van der Waals surface area contributed by atoms with Crippen LogP contribution in [0.15, 0.2) is 12.4 Å². The van der Waals surface area contributed by atoms with Crippen LogP contribution in [0.2, 0.25) is 0 Å². The van der Waals surface area contributed by atoms with Crippen LogP contribution in [0.1, 0.15) is 41.9 Å². The van der Waals surface area contributed by atoms with E-state index in [-0.39, 0.29) is 18.4 Å². The van der Waals surface area contributed by atoms with Gasteiger partial charge in [-0.05, 0) is 38.8 Å². The Kier molecular flexibility index (Phi) is 5.79. The van der Waals surface area contributed by atoms with Gasteiger partial charge in [-0.25, -0.2) is 4.98 Å². The summed E-state index contributed by atoms with van der Waals surface area (Å²) in [5.74, 6) is 0.436. The van der Waals surface area contributed by atoms with Crippen LogP contribution in [0.4, 0.5) is 0 Å². The molecule has 1 aromatic rings. The Labute approximate surface area is 143 Å². The number of aromatic nitrogens is 2. The van der Waals surface area contributed by atoms with E-state index in [0.29, 0.717) is 24.7 Å². The molecule has 6 heteroatoms. The number of hydrogen-bond acceptors (Lipinski definition) is 5. The van der Waals surface area contributed by atoms with E-state index in [2.05, 4.69) is 14.9 Å². The summed E-state index contributed by atoms with van der Waals surface area (Å²) in [6.07, 6.45) is 8.34. The highest BCUT2D eigenvalue weighted by Crippen LogP contribution is 2.26. The van der Waals surface area contributed by atoms with Gasteiger partial charge in [0.2, 0.25) is 0 Å². The predicted molar refractivity (Wildman–Crippen MR) is 91.6 cm³/mol. The molecule has 0 bridgehead atoms. The lowest BCUT2D eigenvalue weighted by molar-refractivity contribution is 0.0772. The Morgan fingerprint density at radius 2 is 1.83 bits per heavy atom. The van der Waals surface area contributed by atoms with Gasteiger partial charge in [0, 0.05) is 38.4 Å². The van der Waals surface area contributed by atoms with Gasteiger partial charge in [0.25, 0.3) is 5.91 Å². The number of aliphatic hydroxyl groups is 1. The van der Waals surface area contributed by atoms with Gasteiger partial charge in [-0.1, -0.05) is 12.8 Å². The molecule has 3 rings (SSSR count). The summed E-state index contributed by atoms with van der Waals surface area (Å²) >= 11 is 0. The molecule has 2 aliphatic heterocycles. The molecular formula is C18H28N4O2. The fourth-order valence-electron chi connectivity index (χ4n) is 3.83. The predicted octanol–water partition coefficient (Wildman–Crippen LogP) is 1.34. The van der Waals surface area contributed by atoms with Gasteiger partial charge in [0.15, 0.2) is 0 Å². The first-order valence-corrected chi connectivity index (χ1v) is 9.08. The van der Waals surface area contributed by atoms with Gasteiger partial charge >= 0.3 is 0 Å². The number of rotatable bonds is 4. The summed E-state index contributed by atoms with van der Waals surface area (Å²) in [6.45, 7) is 6.59. The lowest BCUT2D eigenvalue weighted by Crippen LogP contribution is -2.35. The van der Waals surface area contributed by atoms with Crippen LogP contribution >= 0.6 is 0 Å². The first-order valence-electron chi connectivity index (χ1n) is 9.08. The zero-order valence-corrected chi connectivity index (χ0v) is 14.5. The Morgan fingerprint density at radius 3 is 2.46 bits per heavy atom. The number of likely N-dealkylation sites (tertiary alicyclic amines) is 2. The number of aliphatic hydroxyl groups excluding tert-OH is 1. The molecule has 0 aromatic carbocycles. The number of aryl methyl sites for hydroxylation is 1. The maximum atomic E-state index is 12.6. The van der Waals surface area contributed by atoms with Crippen LogP contribution < -0.4 is 0 Å². The van der Waals surface area contributed by atoms with Crippen molar-refractivity contribution in [2.75, 3.05) is 39.3 Å². The summed E-state index contributed by atoms with van der Waals surface area (Å²) in [4.78, 5) is 25.4. The van der Waals surface area contributed by atoms with Crippen molar-refractivity contribution in [1.82, 2.24) is 19.8 Å². The molecule has 0 aliphatic carbocycles. The summed E-state index contributed by atoms with van der Waals surface area (Å²) in [5.41, 5.74) is 1.20. The fourth-order valence-corrected chi connectivity index (χ4v) is 3.83. The fraction of sp³-hybridized carbons (Fsp3) is 0.722. The highest BCUT2D eigenvalue weighted by atomic mass is 16.3. The highest BCUT2D eigenvalue weighted by molar-refractivity contribution is 5.92. The standard InChI is InChI=1S/C18H28N4O2/c1-14-8-20-17(9-19-14)18(24)22-11-15(16(12-22)13-23)10-21-6-4-2-3-5-7-21/h8-9,15-16,23H,2-7,10-13H2,1H3/t15-,16-/m1/s1. The minimum Gasteiger partial charge on any atom is -0.396 e. The third kappa shape index (κ3) is 4.11. The normalized spacial score (nSPS) is 25.7. The van der Waals surface area contributed by atoms with E-state index in [1.165, 1.54) is 25.7 Å². The monoisotopic (exact) mass is 332 g/mol. The second-order valence-corrected chi connectivity index (χ2v) is 7.17. The van der Waals surface area contributed by atoms with Crippen molar-refractivity contribution in [3.8, 4) is 0 Å². The molecule has 2 atom stereocenters. The molecule has 2 saturated heterocycles. The molecule has 1 amide bonds. The van der Waals surface area contributed by atoms with E-state index in [1.807, 2.05) is 11.8 Å². The molecule has 0 saturated carbocycles. The van der Waals surface area contributed by atoms with Crippen molar-refractivity contribution in [3.63, 3.8) is 0 Å². The summed E-state index contributed by atoms with van der Waals surface area (Å²) in [5, 5.41) is 9.74. The molecule has 0 unspecified atom stereocenters. The summed E-state index contributed by atoms with van der Waals surface area (Å²) < 4.78 is 0. The van der Waals surface area contributed by atoms with Crippen LogP contribution in [0.5, 0.6) is 0 Å². The van der Waals surface area contributed by atoms with Crippen LogP contribution in [0.25, 0.3) is 0 Å². The van der Waals surface area contributed by atoms with Crippen molar-refractivity contribution in [1.29, 1.82) is 0 Å². The number of carbonyl (C=O) groups is 1.